The van der Waals surface area contributed by atoms with Crippen molar-refractivity contribution in [3.8, 4) is 11.5 Å². The first-order valence-corrected chi connectivity index (χ1v) is 10.7. The lowest BCUT2D eigenvalue weighted by atomic mass is 10.1. The number of nitrogens with zero attached hydrogens (tertiary/aromatic N) is 1. The van der Waals surface area contributed by atoms with Crippen molar-refractivity contribution in [2.45, 2.75) is 13.5 Å². The van der Waals surface area contributed by atoms with Crippen LogP contribution in [0.4, 0.5) is 0 Å². The number of carbonyl (C=O) groups is 1. The molecule has 5 nitrogen and oxygen atoms in total. The van der Waals surface area contributed by atoms with Gasteiger partial charge in [-0.2, -0.15) is 0 Å². The van der Waals surface area contributed by atoms with Crippen LogP contribution in [0.1, 0.15) is 23.6 Å². The molecule has 0 amide bonds. The number of carbonyl (C=O) groups excluding carboxylic acids is 1. The van der Waals surface area contributed by atoms with E-state index in [9.17, 15) is 4.79 Å². The SMILES string of the molecule is CCOc1cc(/C=C2\N=C(c3ccccc3Cl)OC2=O)ccc1OCc1cccc(Cl)c1. The Kier molecular flexibility index (Phi) is 6.78. The van der Waals surface area contributed by atoms with Crippen LogP contribution < -0.4 is 9.47 Å². The van der Waals surface area contributed by atoms with Crippen molar-refractivity contribution < 1.29 is 19.0 Å². The average molecular weight is 468 g/mol. The van der Waals surface area contributed by atoms with Crippen LogP contribution in [-0.2, 0) is 16.1 Å². The van der Waals surface area contributed by atoms with Gasteiger partial charge in [-0.15, -0.1) is 0 Å². The fraction of sp³-hybridized carbons (Fsp3) is 0.120. The second kappa shape index (κ2) is 9.90. The summed E-state index contributed by atoms with van der Waals surface area (Å²) in [4.78, 5) is 16.6. The lowest BCUT2D eigenvalue weighted by Gasteiger charge is -2.13. The van der Waals surface area contributed by atoms with E-state index in [4.69, 9.17) is 37.4 Å². The van der Waals surface area contributed by atoms with Gasteiger partial charge in [-0.3, -0.25) is 0 Å². The summed E-state index contributed by atoms with van der Waals surface area (Å²) < 4.78 is 17.0. The molecule has 0 saturated carbocycles. The molecule has 0 aliphatic carbocycles. The molecule has 32 heavy (non-hydrogen) atoms. The molecule has 1 aliphatic rings. The summed E-state index contributed by atoms with van der Waals surface area (Å²) >= 11 is 12.2. The molecular formula is C25H19Cl2NO4. The number of hydrogen-bond acceptors (Lipinski definition) is 5. The Morgan fingerprint density at radius 1 is 0.969 bits per heavy atom. The minimum absolute atomic E-state index is 0.176. The largest absolute Gasteiger partial charge is 0.490 e. The topological polar surface area (TPSA) is 57.1 Å². The van der Waals surface area contributed by atoms with Crippen LogP contribution in [0, 0.1) is 0 Å². The second-order valence-corrected chi connectivity index (χ2v) is 7.72. The highest BCUT2D eigenvalue weighted by Gasteiger charge is 2.25. The van der Waals surface area contributed by atoms with Crippen LogP contribution in [0.25, 0.3) is 6.08 Å². The third-order valence-electron chi connectivity index (χ3n) is 4.58. The lowest BCUT2D eigenvalue weighted by molar-refractivity contribution is -0.129. The number of esters is 1. The number of rotatable bonds is 7. The molecule has 162 valence electrons. The Labute approximate surface area is 195 Å². The predicted molar refractivity (Wildman–Crippen MR) is 125 cm³/mol. The highest BCUT2D eigenvalue weighted by molar-refractivity contribution is 6.34. The molecule has 3 aromatic rings. The predicted octanol–water partition coefficient (Wildman–Crippen LogP) is 6.32. The molecule has 7 heteroatoms. The summed E-state index contributed by atoms with van der Waals surface area (Å²) in [5.41, 5.74) is 2.40. The van der Waals surface area contributed by atoms with E-state index in [0.29, 0.717) is 40.3 Å². The van der Waals surface area contributed by atoms with E-state index in [-0.39, 0.29) is 11.6 Å². The molecule has 0 spiro atoms. The molecule has 0 N–H and O–H groups in total. The first-order valence-electron chi connectivity index (χ1n) is 9.95. The zero-order chi connectivity index (χ0) is 22.5. The molecule has 1 aliphatic heterocycles. The van der Waals surface area contributed by atoms with E-state index < -0.39 is 5.97 Å². The third-order valence-corrected chi connectivity index (χ3v) is 5.14. The minimum Gasteiger partial charge on any atom is -0.490 e. The van der Waals surface area contributed by atoms with Gasteiger partial charge < -0.3 is 14.2 Å². The van der Waals surface area contributed by atoms with E-state index in [1.807, 2.05) is 37.3 Å². The van der Waals surface area contributed by atoms with Gasteiger partial charge in [-0.25, -0.2) is 9.79 Å². The zero-order valence-corrected chi connectivity index (χ0v) is 18.7. The number of benzene rings is 3. The van der Waals surface area contributed by atoms with Crippen LogP contribution in [0.3, 0.4) is 0 Å². The summed E-state index contributed by atoms with van der Waals surface area (Å²) in [6.07, 6.45) is 1.63. The monoisotopic (exact) mass is 467 g/mol. The maximum absolute atomic E-state index is 12.3. The molecule has 0 saturated heterocycles. The fourth-order valence-electron chi connectivity index (χ4n) is 3.11. The Morgan fingerprint density at radius 2 is 1.81 bits per heavy atom. The average Bonchev–Trinajstić information content (AvgIpc) is 3.13. The highest BCUT2D eigenvalue weighted by Crippen LogP contribution is 2.31. The maximum Gasteiger partial charge on any atom is 0.363 e. The Hall–Kier alpha value is -3.28. The molecule has 0 bridgehead atoms. The van der Waals surface area contributed by atoms with Crippen molar-refractivity contribution in [3.05, 3.63) is 99.2 Å². The summed E-state index contributed by atoms with van der Waals surface area (Å²) in [5, 5.41) is 1.11. The second-order valence-electron chi connectivity index (χ2n) is 6.87. The number of halogens is 2. The summed E-state index contributed by atoms with van der Waals surface area (Å²) in [6, 6.07) is 19.9. The van der Waals surface area contributed by atoms with Gasteiger partial charge in [-0.1, -0.05) is 53.5 Å². The zero-order valence-electron chi connectivity index (χ0n) is 17.2. The number of ether oxygens (including phenoxy) is 3. The van der Waals surface area contributed by atoms with Gasteiger partial charge >= 0.3 is 5.97 Å². The minimum atomic E-state index is -0.542. The standard InChI is InChI=1S/C25H19Cl2NO4/c1-2-30-23-14-16(10-11-22(23)31-15-17-6-5-7-18(26)12-17)13-21-25(29)32-24(28-21)19-8-3-4-9-20(19)27/h3-14H,2,15H2,1H3/b21-13-. The van der Waals surface area contributed by atoms with Gasteiger partial charge in [0.1, 0.15) is 6.61 Å². The van der Waals surface area contributed by atoms with Gasteiger partial charge in [0.05, 0.1) is 17.2 Å². The smallest absolute Gasteiger partial charge is 0.363 e. The molecule has 0 aromatic heterocycles. The highest BCUT2D eigenvalue weighted by atomic mass is 35.5. The summed E-state index contributed by atoms with van der Waals surface area (Å²) in [7, 11) is 0. The van der Waals surface area contributed by atoms with Crippen LogP contribution in [0.5, 0.6) is 11.5 Å². The number of hydrogen-bond donors (Lipinski definition) is 0. The first kappa shape index (κ1) is 21.9. The Bertz CT molecular complexity index is 1220. The lowest BCUT2D eigenvalue weighted by Crippen LogP contribution is -2.05. The Balaban J connectivity index is 1.57. The van der Waals surface area contributed by atoms with Crippen molar-refractivity contribution >= 4 is 41.1 Å². The van der Waals surface area contributed by atoms with Crippen LogP contribution in [0.15, 0.2) is 77.4 Å². The number of cyclic esters (lactones) is 1. The van der Waals surface area contributed by atoms with Crippen LogP contribution >= 0.6 is 23.2 Å². The quantitative estimate of drug-likeness (QED) is 0.301. The van der Waals surface area contributed by atoms with Gasteiger partial charge in [0, 0.05) is 5.02 Å². The van der Waals surface area contributed by atoms with Gasteiger partial charge in [-0.05, 0) is 60.5 Å². The summed E-state index contributed by atoms with van der Waals surface area (Å²) in [6.45, 7) is 2.70. The molecule has 3 aromatic carbocycles. The van der Waals surface area contributed by atoms with E-state index in [0.717, 1.165) is 11.1 Å². The molecule has 1 heterocycles. The maximum atomic E-state index is 12.3. The molecule has 0 fully saturated rings. The molecule has 0 atom stereocenters. The van der Waals surface area contributed by atoms with Crippen molar-refractivity contribution in [2.75, 3.05) is 6.61 Å². The van der Waals surface area contributed by atoms with E-state index >= 15 is 0 Å². The van der Waals surface area contributed by atoms with Crippen LogP contribution in [0.2, 0.25) is 10.0 Å². The van der Waals surface area contributed by atoms with E-state index in [2.05, 4.69) is 4.99 Å². The van der Waals surface area contributed by atoms with E-state index in [1.165, 1.54) is 0 Å². The molecule has 0 radical (unpaired) electrons. The van der Waals surface area contributed by atoms with E-state index in [1.54, 1.807) is 42.5 Å². The van der Waals surface area contributed by atoms with Crippen molar-refractivity contribution in [1.82, 2.24) is 0 Å². The Morgan fingerprint density at radius 3 is 2.59 bits per heavy atom. The normalized spacial score (nSPS) is 14.3. The number of aliphatic imine (C=N–C) groups is 1. The van der Waals surface area contributed by atoms with Crippen LogP contribution in [-0.4, -0.2) is 18.5 Å². The third kappa shape index (κ3) is 5.13. The van der Waals surface area contributed by atoms with Gasteiger partial charge in [0.15, 0.2) is 17.2 Å². The van der Waals surface area contributed by atoms with Crippen molar-refractivity contribution in [2.24, 2.45) is 4.99 Å². The molecular weight excluding hydrogens is 449 g/mol. The molecule has 0 unspecified atom stereocenters. The first-order chi connectivity index (χ1) is 15.5. The van der Waals surface area contributed by atoms with Gasteiger partial charge in [0.25, 0.3) is 0 Å². The summed E-state index contributed by atoms with van der Waals surface area (Å²) in [5.74, 6) is 0.784. The van der Waals surface area contributed by atoms with Crippen molar-refractivity contribution in [1.29, 1.82) is 0 Å². The van der Waals surface area contributed by atoms with Crippen molar-refractivity contribution in [3.63, 3.8) is 0 Å². The van der Waals surface area contributed by atoms with Gasteiger partial charge in [0.2, 0.25) is 5.90 Å². The molecule has 4 rings (SSSR count). The fourth-order valence-corrected chi connectivity index (χ4v) is 3.54.